The highest BCUT2D eigenvalue weighted by molar-refractivity contribution is 7.16. The van der Waals surface area contributed by atoms with Gasteiger partial charge in [-0.25, -0.2) is 0 Å². The number of nitrogens with two attached hydrogens (primary N) is 1. The summed E-state index contributed by atoms with van der Waals surface area (Å²) in [5, 5.41) is 5.08. The molecule has 0 saturated carbocycles. The molecule has 158 valence electrons. The number of para-hydroxylation sites is 1. The van der Waals surface area contributed by atoms with Gasteiger partial charge in [-0.3, -0.25) is 9.59 Å². The Labute approximate surface area is 181 Å². The van der Waals surface area contributed by atoms with Crippen LogP contribution in [0.5, 0.6) is 5.75 Å². The predicted octanol–water partition coefficient (Wildman–Crippen LogP) is 3.06. The highest BCUT2D eigenvalue weighted by Gasteiger charge is 2.16. The molecule has 2 aromatic heterocycles. The van der Waals surface area contributed by atoms with E-state index in [4.69, 9.17) is 15.2 Å². The molecule has 0 spiro atoms. The molecule has 0 fully saturated rings. The maximum atomic E-state index is 12.6. The third-order valence-electron chi connectivity index (χ3n) is 4.56. The first kappa shape index (κ1) is 20.5. The number of benzene rings is 1. The normalized spacial score (nSPS) is 14.8. The van der Waals surface area contributed by atoms with Gasteiger partial charge in [0.05, 0.1) is 12.2 Å². The Kier molecular flexibility index (Phi) is 5.68. The number of carbonyl (C=O) groups excluding carboxylic acids is 1. The van der Waals surface area contributed by atoms with Gasteiger partial charge in [-0.2, -0.15) is 14.6 Å². The maximum Gasteiger partial charge on any atom is 0.283 e. The molecule has 0 amide bonds. The predicted molar refractivity (Wildman–Crippen MR) is 119 cm³/mol. The number of ketones is 1. The molecule has 9 heteroatoms. The molecule has 0 radical (unpaired) electrons. The second-order valence-corrected chi connectivity index (χ2v) is 7.78. The molecule has 3 aromatic rings. The van der Waals surface area contributed by atoms with Crippen molar-refractivity contribution in [2.75, 3.05) is 12.3 Å². The van der Waals surface area contributed by atoms with Crippen LogP contribution in [0, 0.1) is 6.92 Å². The van der Waals surface area contributed by atoms with Crippen molar-refractivity contribution < 1.29 is 14.3 Å². The first-order chi connectivity index (χ1) is 15.0. The van der Waals surface area contributed by atoms with Crippen LogP contribution in [0.3, 0.4) is 0 Å². The van der Waals surface area contributed by atoms with Gasteiger partial charge in [0.1, 0.15) is 18.2 Å². The van der Waals surface area contributed by atoms with Gasteiger partial charge < -0.3 is 15.2 Å². The number of rotatable bonds is 6. The highest BCUT2D eigenvalue weighted by atomic mass is 32.1. The van der Waals surface area contributed by atoms with Crippen LogP contribution < -0.4 is 16.0 Å². The number of nitrogen functional groups attached to an aromatic ring is 1. The number of carbonyl (C=O) groups is 1. The summed E-state index contributed by atoms with van der Waals surface area (Å²) in [6, 6.07) is 7.69. The van der Waals surface area contributed by atoms with Crippen molar-refractivity contribution in [2.24, 2.45) is 0 Å². The minimum Gasteiger partial charge on any atom is -0.490 e. The summed E-state index contributed by atoms with van der Waals surface area (Å²) < 4.78 is 12.6. The molecule has 8 nitrogen and oxygen atoms in total. The molecule has 2 heterocycles. The monoisotopic (exact) mass is 436 g/mol. The Morgan fingerprint density at radius 3 is 2.77 bits per heavy atom. The van der Waals surface area contributed by atoms with Gasteiger partial charge in [0, 0.05) is 0 Å². The lowest BCUT2D eigenvalue weighted by Gasteiger charge is -2.10. The molecule has 0 atom stereocenters. The van der Waals surface area contributed by atoms with Crippen LogP contribution in [0.25, 0.3) is 11.0 Å². The summed E-state index contributed by atoms with van der Waals surface area (Å²) in [6.45, 7) is 4.35. The van der Waals surface area contributed by atoms with Crippen LogP contribution in [0.2, 0.25) is 0 Å². The van der Waals surface area contributed by atoms with Crippen molar-refractivity contribution >= 4 is 34.0 Å². The Morgan fingerprint density at radius 1 is 1.19 bits per heavy atom. The van der Waals surface area contributed by atoms with Gasteiger partial charge in [0.15, 0.2) is 10.8 Å². The fraction of sp³-hybridized carbons (Fsp3) is 0.182. The van der Waals surface area contributed by atoms with Gasteiger partial charge in [0.25, 0.3) is 5.56 Å². The van der Waals surface area contributed by atoms with Crippen LogP contribution in [0.15, 0.2) is 58.6 Å². The molecule has 4 rings (SSSR count). The van der Waals surface area contributed by atoms with Crippen LogP contribution in [-0.2, 0) is 16.1 Å². The smallest absolute Gasteiger partial charge is 0.283 e. The number of hydrogen-bond donors (Lipinski definition) is 1. The number of aryl methyl sites for hydroxylation is 1. The summed E-state index contributed by atoms with van der Waals surface area (Å²) in [5.74, 6) is 0.916. The molecule has 0 aliphatic heterocycles. The second-order valence-electron chi connectivity index (χ2n) is 6.74. The Bertz CT molecular complexity index is 1320. The molecular formula is C22H20N4O4S. The van der Waals surface area contributed by atoms with Crippen LogP contribution in [0.4, 0.5) is 5.82 Å². The summed E-state index contributed by atoms with van der Waals surface area (Å²) in [6.07, 6.45) is 6.13. The minimum atomic E-state index is -0.475. The topological polar surface area (TPSA) is 109 Å². The van der Waals surface area contributed by atoms with E-state index in [0.717, 1.165) is 11.3 Å². The van der Waals surface area contributed by atoms with Gasteiger partial charge in [0.2, 0.25) is 10.7 Å². The van der Waals surface area contributed by atoms with Crippen molar-refractivity contribution in [3.63, 3.8) is 0 Å². The van der Waals surface area contributed by atoms with Crippen molar-refractivity contribution in [1.82, 2.24) is 14.6 Å². The van der Waals surface area contributed by atoms with E-state index in [0.29, 0.717) is 22.1 Å². The lowest BCUT2D eigenvalue weighted by Crippen LogP contribution is -2.17. The number of aromatic nitrogens is 3. The van der Waals surface area contributed by atoms with Crippen LogP contribution >= 0.6 is 11.3 Å². The Balaban J connectivity index is 1.66. The van der Waals surface area contributed by atoms with Gasteiger partial charge >= 0.3 is 0 Å². The number of ether oxygens (including phenoxy) is 2. The fourth-order valence-corrected chi connectivity index (χ4v) is 3.83. The molecular weight excluding hydrogens is 416 g/mol. The number of hydrogen-bond acceptors (Lipinski definition) is 8. The van der Waals surface area contributed by atoms with Crippen molar-refractivity contribution in [3.8, 4) is 5.75 Å². The second kappa shape index (κ2) is 8.57. The van der Waals surface area contributed by atoms with E-state index in [1.54, 1.807) is 25.2 Å². The fourth-order valence-electron chi connectivity index (χ4n) is 3.02. The maximum absolute atomic E-state index is 12.6. The van der Waals surface area contributed by atoms with Gasteiger partial charge in [-0.05, 0) is 49.3 Å². The SMILES string of the molecule is CCOC1=CC(=Cc2c(N)n3nc(COc4ccccc4C)sc3nc2=O)C=CC1=O. The first-order valence-corrected chi connectivity index (χ1v) is 10.4. The molecule has 0 bridgehead atoms. The zero-order valence-electron chi connectivity index (χ0n) is 17.0. The summed E-state index contributed by atoms with van der Waals surface area (Å²) >= 11 is 1.24. The molecule has 1 aromatic carbocycles. The van der Waals surface area contributed by atoms with Crippen molar-refractivity contribution in [3.05, 3.63) is 80.3 Å². The Morgan fingerprint density at radius 2 is 2.00 bits per heavy atom. The van der Waals surface area contributed by atoms with E-state index in [1.807, 2.05) is 31.2 Å². The summed E-state index contributed by atoms with van der Waals surface area (Å²) in [4.78, 5) is 28.9. The van der Waals surface area contributed by atoms with Crippen LogP contribution in [0.1, 0.15) is 23.1 Å². The van der Waals surface area contributed by atoms with Crippen molar-refractivity contribution in [2.45, 2.75) is 20.5 Å². The average Bonchev–Trinajstić information content (AvgIpc) is 3.16. The zero-order valence-corrected chi connectivity index (χ0v) is 17.8. The minimum absolute atomic E-state index is 0.164. The van der Waals surface area contributed by atoms with E-state index in [9.17, 15) is 9.59 Å². The molecule has 2 N–H and O–H groups in total. The molecule has 0 unspecified atom stereocenters. The number of allylic oxidation sites excluding steroid dienone is 4. The molecule has 0 saturated heterocycles. The van der Waals surface area contributed by atoms with Crippen molar-refractivity contribution in [1.29, 1.82) is 0 Å². The van der Waals surface area contributed by atoms with E-state index < -0.39 is 5.56 Å². The first-order valence-electron chi connectivity index (χ1n) is 9.61. The lowest BCUT2D eigenvalue weighted by atomic mass is 10.0. The Hall–Kier alpha value is -3.72. The molecule has 31 heavy (non-hydrogen) atoms. The third-order valence-corrected chi connectivity index (χ3v) is 5.44. The van der Waals surface area contributed by atoms with E-state index in [1.165, 1.54) is 21.9 Å². The zero-order chi connectivity index (χ0) is 22.0. The van der Waals surface area contributed by atoms with Gasteiger partial charge in [-0.1, -0.05) is 35.6 Å². The lowest BCUT2D eigenvalue weighted by molar-refractivity contribution is -0.114. The van der Waals surface area contributed by atoms with E-state index >= 15 is 0 Å². The van der Waals surface area contributed by atoms with E-state index in [2.05, 4.69) is 10.1 Å². The van der Waals surface area contributed by atoms with Crippen LogP contribution in [-0.4, -0.2) is 27.0 Å². The highest BCUT2D eigenvalue weighted by Crippen LogP contribution is 2.23. The number of anilines is 1. The number of nitrogens with zero attached hydrogens (tertiary/aromatic N) is 3. The third kappa shape index (κ3) is 4.26. The standard InChI is InChI=1S/C22H20N4O4S/c1-3-29-18-11-14(8-9-16(18)27)10-15-20(23)26-22(24-21(15)28)31-19(25-26)12-30-17-7-5-4-6-13(17)2/h4-11H,3,12,23H2,1-2H3. The summed E-state index contributed by atoms with van der Waals surface area (Å²) in [5.41, 5.74) is 7.58. The van der Waals surface area contributed by atoms with Gasteiger partial charge in [-0.15, -0.1) is 0 Å². The quantitative estimate of drug-likeness (QED) is 0.632. The largest absolute Gasteiger partial charge is 0.490 e. The van der Waals surface area contributed by atoms with E-state index in [-0.39, 0.29) is 29.5 Å². The molecule has 1 aliphatic rings. The molecule has 1 aliphatic carbocycles. The summed E-state index contributed by atoms with van der Waals surface area (Å²) in [7, 11) is 0. The average molecular weight is 436 g/mol. The number of fused-ring (bicyclic) bond motifs is 1.